The molecule has 1 atom stereocenters. The van der Waals surface area contributed by atoms with Crippen LogP contribution in [-0.4, -0.2) is 19.1 Å². The van der Waals surface area contributed by atoms with Crippen LogP contribution in [0.2, 0.25) is 0 Å². The Bertz CT molecular complexity index is 308. The zero-order chi connectivity index (χ0) is 10.5. The van der Waals surface area contributed by atoms with E-state index >= 15 is 0 Å². The minimum Gasteiger partial charge on any atom is -0.383 e. The first-order valence-corrected chi connectivity index (χ1v) is 6.37. The summed E-state index contributed by atoms with van der Waals surface area (Å²) in [5.41, 5.74) is 1.19. The van der Waals surface area contributed by atoms with Crippen molar-refractivity contribution in [3.63, 3.8) is 0 Å². The highest BCUT2D eigenvalue weighted by Crippen LogP contribution is 2.16. The molecule has 1 heterocycles. The van der Waals surface area contributed by atoms with Gasteiger partial charge in [-0.2, -0.15) is 0 Å². The molecule has 0 aliphatic carbocycles. The molecule has 0 amide bonds. The summed E-state index contributed by atoms with van der Waals surface area (Å²) >= 11 is 3.47. The van der Waals surface area contributed by atoms with Gasteiger partial charge in [-0.15, -0.1) is 0 Å². The topological polar surface area (TPSA) is 24.1 Å². The molecule has 1 aromatic carbocycles. The molecule has 1 fully saturated rings. The Morgan fingerprint density at radius 3 is 3.07 bits per heavy atom. The SMILES string of the molecule is Brc1cccc(NCC2CCCCN2)c1. The van der Waals surface area contributed by atoms with Crippen LogP contribution in [0.5, 0.6) is 0 Å². The molecule has 2 N–H and O–H groups in total. The van der Waals surface area contributed by atoms with Crippen molar-refractivity contribution in [1.82, 2.24) is 5.32 Å². The summed E-state index contributed by atoms with van der Waals surface area (Å²) in [5, 5.41) is 6.99. The maximum absolute atomic E-state index is 3.53. The summed E-state index contributed by atoms with van der Waals surface area (Å²) < 4.78 is 1.13. The van der Waals surface area contributed by atoms with Crippen molar-refractivity contribution in [2.75, 3.05) is 18.4 Å². The van der Waals surface area contributed by atoms with Gasteiger partial charge in [0.1, 0.15) is 0 Å². The van der Waals surface area contributed by atoms with Gasteiger partial charge < -0.3 is 10.6 Å². The van der Waals surface area contributed by atoms with Crippen LogP contribution in [0.4, 0.5) is 5.69 Å². The average Bonchev–Trinajstić information content (AvgIpc) is 2.28. The summed E-state index contributed by atoms with van der Waals surface area (Å²) in [7, 11) is 0. The van der Waals surface area contributed by atoms with Crippen LogP contribution in [-0.2, 0) is 0 Å². The molecule has 1 aliphatic rings. The van der Waals surface area contributed by atoms with E-state index in [9.17, 15) is 0 Å². The van der Waals surface area contributed by atoms with Gasteiger partial charge in [0.15, 0.2) is 0 Å². The Morgan fingerprint density at radius 1 is 1.40 bits per heavy atom. The van der Waals surface area contributed by atoms with Crippen LogP contribution in [0.25, 0.3) is 0 Å². The lowest BCUT2D eigenvalue weighted by atomic mass is 10.1. The zero-order valence-corrected chi connectivity index (χ0v) is 10.4. The third-order valence-corrected chi connectivity index (χ3v) is 3.28. The summed E-state index contributed by atoms with van der Waals surface area (Å²) in [6.07, 6.45) is 3.98. The molecule has 1 aliphatic heterocycles. The standard InChI is InChI=1S/C12H17BrN2/c13-10-4-3-6-11(8-10)15-9-12-5-1-2-7-14-12/h3-4,6,8,12,14-15H,1-2,5,7,9H2. The minimum absolute atomic E-state index is 0.637. The molecule has 82 valence electrons. The fraction of sp³-hybridized carbons (Fsp3) is 0.500. The van der Waals surface area contributed by atoms with E-state index in [0.717, 1.165) is 11.0 Å². The highest BCUT2D eigenvalue weighted by molar-refractivity contribution is 9.10. The Kier molecular flexibility index (Phi) is 4.03. The predicted octanol–water partition coefficient (Wildman–Crippen LogP) is 3.00. The Labute approximate surface area is 99.6 Å². The van der Waals surface area contributed by atoms with Crippen LogP contribution >= 0.6 is 15.9 Å². The number of halogens is 1. The molecule has 0 aromatic heterocycles. The van der Waals surface area contributed by atoms with E-state index in [4.69, 9.17) is 0 Å². The van der Waals surface area contributed by atoms with Crippen molar-refractivity contribution in [2.45, 2.75) is 25.3 Å². The van der Waals surface area contributed by atoms with E-state index in [-0.39, 0.29) is 0 Å². The molecule has 0 radical (unpaired) electrons. The smallest absolute Gasteiger partial charge is 0.0352 e. The van der Waals surface area contributed by atoms with E-state index in [1.54, 1.807) is 0 Å². The van der Waals surface area contributed by atoms with Crippen molar-refractivity contribution < 1.29 is 0 Å². The van der Waals surface area contributed by atoms with Crippen molar-refractivity contribution in [3.8, 4) is 0 Å². The highest BCUT2D eigenvalue weighted by atomic mass is 79.9. The van der Waals surface area contributed by atoms with E-state index < -0.39 is 0 Å². The average molecular weight is 269 g/mol. The van der Waals surface area contributed by atoms with E-state index in [2.05, 4.69) is 44.8 Å². The van der Waals surface area contributed by atoms with E-state index in [0.29, 0.717) is 6.04 Å². The van der Waals surface area contributed by atoms with Gasteiger partial charge in [-0.1, -0.05) is 28.4 Å². The van der Waals surface area contributed by atoms with Gasteiger partial charge in [0.2, 0.25) is 0 Å². The molecular formula is C12H17BrN2. The van der Waals surface area contributed by atoms with Crippen molar-refractivity contribution >= 4 is 21.6 Å². The molecule has 2 nitrogen and oxygen atoms in total. The lowest BCUT2D eigenvalue weighted by Crippen LogP contribution is -2.39. The first kappa shape index (κ1) is 11.0. The maximum atomic E-state index is 3.53. The fourth-order valence-corrected chi connectivity index (χ4v) is 2.34. The third-order valence-electron chi connectivity index (χ3n) is 2.79. The van der Waals surface area contributed by atoms with Crippen molar-refractivity contribution in [2.24, 2.45) is 0 Å². The van der Waals surface area contributed by atoms with Gasteiger partial charge in [-0.25, -0.2) is 0 Å². The van der Waals surface area contributed by atoms with Crippen LogP contribution in [0.1, 0.15) is 19.3 Å². The van der Waals surface area contributed by atoms with E-state index in [1.807, 2.05) is 6.07 Å². The number of piperidine rings is 1. The Hall–Kier alpha value is -0.540. The predicted molar refractivity (Wildman–Crippen MR) is 68.3 cm³/mol. The second-order valence-electron chi connectivity index (χ2n) is 4.04. The number of hydrogen-bond acceptors (Lipinski definition) is 2. The summed E-state index contributed by atoms with van der Waals surface area (Å²) in [5.74, 6) is 0. The number of hydrogen-bond donors (Lipinski definition) is 2. The Morgan fingerprint density at radius 2 is 2.33 bits per heavy atom. The number of benzene rings is 1. The third kappa shape index (κ3) is 3.50. The second kappa shape index (κ2) is 5.52. The molecule has 0 saturated carbocycles. The fourth-order valence-electron chi connectivity index (χ4n) is 1.94. The largest absolute Gasteiger partial charge is 0.383 e. The minimum atomic E-state index is 0.637. The zero-order valence-electron chi connectivity index (χ0n) is 8.80. The van der Waals surface area contributed by atoms with Gasteiger partial charge in [0.05, 0.1) is 0 Å². The number of nitrogens with one attached hydrogen (secondary N) is 2. The van der Waals surface area contributed by atoms with E-state index in [1.165, 1.54) is 31.5 Å². The van der Waals surface area contributed by atoms with Gasteiger partial charge >= 0.3 is 0 Å². The second-order valence-corrected chi connectivity index (χ2v) is 4.95. The first-order chi connectivity index (χ1) is 7.34. The molecular weight excluding hydrogens is 252 g/mol. The summed E-state index contributed by atoms with van der Waals surface area (Å²) in [4.78, 5) is 0. The lowest BCUT2D eigenvalue weighted by Gasteiger charge is -2.24. The van der Waals surface area contributed by atoms with Gasteiger partial charge in [0, 0.05) is 22.7 Å². The molecule has 0 bridgehead atoms. The molecule has 2 rings (SSSR count). The summed E-state index contributed by atoms with van der Waals surface area (Å²) in [6, 6.07) is 8.96. The maximum Gasteiger partial charge on any atom is 0.0352 e. The van der Waals surface area contributed by atoms with Crippen molar-refractivity contribution in [1.29, 1.82) is 0 Å². The van der Waals surface area contributed by atoms with Crippen molar-refractivity contribution in [3.05, 3.63) is 28.7 Å². The first-order valence-electron chi connectivity index (χ1n) is 5.57. The Balaban J connectivity index is 1.81. The molecule has 15 heavy (non-hydrogen) atoms. The number of rotatable bonds is 3. The lowest BCUT2D eigenvalue weighted by molar-refractivity contribution is 0.414. The molecule has 3 heteroatoms. The van der Waals surface area contributed by atoms with Crippen LogP contribution in [0.3, 0.4) is 0 Å². The summed E-state index contributed by atoms with van der Waals surface area (Å²) in [6.45, 7) is 2.20. The molecule has 0 spiro atoms. The molecule has 1 saturated heterocycles. The quantitative estimate of drug-likeness (QED) is 0.881. The monoisotopic (exact) mass is 268 g/mol. The highest BCUT2D eigenvalue weighted by Gasteiger charge is 2.11. The van der Waals surface area contributed by atoms with Gasteiger partial charge in [-0.3, -0.25) is 0 Å². The number of anilines is 1. The normalized spacial score (nSPS) is 21.3. The van der Waals surface area contributed by atoms with Crippen LogP contribution in [0, 0.1) is 0 Å². The van der Waals surface area contributed by atoms with Crippen LogP contribution < -0.4 is 10.6 Å². The van der Waals surface area contributed by atoms with Gasteiger partial charge in [-0.05, 0) is 37.6 Å². The van der Waals surface area contributed by atoms with Crippen LogP contribution in [0.15, 0.2) is 28.7 Å². The molecule has 1 unspecified atom stereocenters. The molecule has 1 aromatic rings. The van der Waals surface area contributed by atoms with Gasteiger partial charge in [0.25, 0.3) is 0 Å².